The summed E-state index contributed by atoms with van der Waals surface area (Å²) < 4.78 is 1.07. The van der Waals surface area contributed by atoms with E-state index in [-0.39, 0.29) is 18.3 Å². The molecule has 1 fully saturated rings. The highest BCUT2D eigenvalue weighted by Crippen LogP contribution is 2.27. The standard InChI is InChI=1S/C15H21BrN2OS.ClH/c1-10-5-13(16)3-4-14(10)20-9-15(19)18-8-12(7-17)6-11(18)2;/h3-5,11-12H,6-9,17H2,1-2H3;1H. The molecule has 118 valence electrons. The summed E-state index contributed by atoms with van der Waals surface area (Å²) in [5.74, 6) is 1.19. The fourth-order valence-electron chi connectivity index (χ4n) is 2.66. The van der Waals surface area contributed by atoms with Gasteiger partial charge in [-0.1, -0.05) is 15.9 Å². The number of nitrogens with two attached hydrogens (primary N) is 1. The zero-order chi connectivity index (χ0) is 14.7. The number of halogens is 2. The minimum atomic E-state index is 0. The third kappa shape index (κ3) is 4.88. The van der Waals surface area contributed by atoms with E-state index in [9.17, 15) is 4.79 Å². The fourth-order valence-corrected chi connectivity index (χ4v) is 4.03. The van der Waals surface area contributed by atoms with Crippen LogP contribution in [-0.4, -0.2) is 35.7 Å². The first-order valence-electron chi connectivity index (χ1n) is 6.89. The average Bonchev–Trinajstić information content (AvgIpc) is 2.79. The molecule has 0 aliphatic carbocycles. The number of carbonyl (C=O) groups excluding carboxylic acids is 1. The van der Waals surface area contributed by atoms with E-state index < -0.39 is 0 Å². The highest BCUT2D eigenvalue weighted by molar-refractivity contribution is 9.10. The maximum Gasteiger partial charge on any atom is 0.233 e. The van der Waals surface area contributed by atoms with Crippen molar-refractivity contribution < 1.29 is 4.79 Å². The molecule has 1 amide bonds. The third-order valence-electron chi connectivity index (χ3n) is 3.80. The van der Waals surface area contributed by atoms with Crippen LogP contribution in [0.15, 0.2) is 27.6 Å². The second kappa shape index (κ2) is 8.42. The molecule has 1 aromatic rings. The molecule has 2 unspecified atom stereocenters. The predicted octanol–water partition coefficient (Wildman–Crippen LogP) is 3.47. The molecule has 2 N–H and O–H groups in total. The van der Waals surface area contributed by atoms with Crippen molar-refractivity contribution in [3.8, 4) is 0 Å². The van der Waals surface area contributed by atoms with Crippen LogP contribution in [0.3, 0.4) is 0 Å². The summed E-state index contributed by atoms with van der Waals surface area (Å²) in [6.45, 7) is 5.67. The van der Waals surface area contributed by atoms with Crippen LogP contribution in [0, 0.1) is 12.8 Å². The number of nitrogens with zero attached hydrogens (tertiary/aromatic N) is 1. The Hall–Kier alpha value is -0.230. The van der Waals surface area contributed by atoms with E-state index in [1.165, 1.54) is 10.5 Å². The summed E-state index contributed by atoms with van der Waals surface area (Å²) in [6, 6.07) is 6.48. The summed E-state index contributed by atoms with van der Waals surface area (Å²) in [4.78, 5) is 15.5. The zero-order valence-electron chi connectivity index (χ0n) is 12.3. The first-order valence-corrected chi connectivity index (χ1v) is 8.67. The van der Waals surface area contributed by atoms with Crippen LogP contribution in [0.2, 0.25) is 0 Å². The van der Waals surface area contributed by atoms with E-state index in [2.05, 4.69) is 41.9 Å². The maximum absolute atomic E-state index is 12.3. The van der Waals surface area contributed by atoms with E-state index in [1.807, 2.05) is 11.0 Å². The molecule has 0 radical (unpaired) electrons. The van der Waals surface area contributed by atoms with E-state index in [0.29, 0.717) is 24.3 Å². The second-order valence-electron chi connectivity index (χ2n) is 5.43. The quantitative estimate of drug-likeness (QED) is 0.797. The number of rotatable bonds is 4. The van der Waals surface area contributed by atoms with Crippen LogP contribution < -0.4 is 5.73 Å². The molecule has 1 saturated heterocycles. The molecule has 1 aromatic carbocycles. The molecule has 1 aliphatic rings. The second-order valence-corrected chi connectivity index (χ2v) is 7.36. The number of likely N-dealkylation sites (tertiary alicyclic amines) is 1. The Kier molecular flexibility index (Phi) is 7.54. The van der Waals surface area contributed by atoms with Crippen LogP contribution in [0.1, 0.15) is 18.9 Å². The summed E-state index contributed by atoms with van der Waals surface area (Å²) in [6.07, 6.45) is 1.03. The molecule has 0 bridgehead atoms. The lowest BCUT2D eigenvalue weighted by molar-refractivity contribution is -0.128. The van der Waals surface area contributed by atoms with Crippen molar-refractivity contribution in [1.82, 2.24) is 4.90 Å². The van der Waals surface area contributed by atoms with E-state index >= 15 is 0 Å². The lowest BCUT2D eigenvalue weighted by atomic mass is 10.1. The first-order chi connectivity index (χ1) is 9.51. The maximum atomic E-state index is 12.3. The van der Waals surface area contributed by atoms with Gasteiger partial charge in [0.25, 0.3) is 0 Å². The number of thioether (sulfide) groups is 1. The topological polar surface area (TPSA) is 46.3 Å². The van der Waals surface area contributed by atoms with E-state index in [0.717, 1.165) is 17.4 Å². The van der Waals surface area contributed by atoms with Gasteiger partial charge in [0.05, 0.1) is 5.75 Å². The average molecular weight is 394 g/mol. The molecule has 6 heteroatoms. The lowest BCUT2D eigenvalue weighted by Gasteiger charge is -2.21. The molecular formula is C15H22BrClN2OS. The Balaban J connectivity index is 0.00000220. The molecule has 1 aliphatic heterocycles. The lowest BCUT2D eigenvalue weighted by Crippen LogP contribution is -2.35. The minimum Gasteiger partial charge on any atom is -0.339 e. The van der Waals surface area contributed by atoms with E-state index in [4.69, 9.17) is 5.73 Å². The van der Waals surface area contributed by atoms with Crippen LogP contribution in [0.4, 0.5) is 0 Å². The number of carbonyl (C=O) groups is 1. The predicted molar refractivity (Wildman–Crippen MR) is 95.2 cm³/mol. The molecule has 0 saturated carbocycles. The minimum absolute atomic E-state index is 0. The normalized spacial score (nSPS) is 21.2. The highest BCUT2D eigenvalue weighted by Gasteiger charge is 2.31. The summed E-state index contributed by atoms with van der Waals surface area (Å²) in [5, 5.41) is 0. The first kappa shape index (κ1) is 18.8. The van der Waals surface area contributed by atoms with Crippen molar-refractivity contribution in [3.63, 3.8) is 0 Å². The van der Waals surface area contributed by atoms with Crippen molar-refractivity contribution in [3.05, 3.63) is 28.2 Å². The summed E-state index contributed by atoms with van der Waals surface area (Å²) in [7, 11) is 0. The number of hydrogen-bond donors (Lipinski definition) is 1. The largest absolute Gasteiger partial charge is 0.339 e. The molecule has 3 nitrogen and oxygen atoms in total. The zero-order valence-corrected chi connectivity index (χ0v) is 15.6. The van der Waals surface area contributed by atoms with Gasteiger partial charge in [-0.3, -0.25) is 4.79 Å². The number of benzene rings is 1. The van der Waals surface area contributed by atoms with Gasteiger partial charge in [-0.25, -0.2) is 0 Å². The monoisotopic (exact) mass is 392 g/mol. The van der Waals surface area contributed by atoms with Gasteiger partial charge in [0, 0.05) is 22.0 Å². The highest BCUT2D eigenvalue weighted by atomic mass is 79.9. The van der Waals surface area contributed by atoms with Crippen LogP contribution in [0.5, 0.6) is 0 Å². The SMILES string of the molecule is Cc1cc(Br)ccc1SCC(=O)N1CC(CN)CC1C.Cl. The van der Waals surface area contributed by atoms with Gasteiger partial charge in [-0.15, -0.1) is 24.2 Å². The summed E-state index contributed by atoms with van der Waals surface area (Å²) in [5.41, 5.74) is 6.91. The Bertz CT molecular complexity index is 501. The molecule has 1 heterocycles. The van der Waals surface area contributed by atoms with Gasteiger partial charge in [-0.2, -0.15) is 0 Å². The molecule has 21 heavy (non-hydrogen) atoms. The fraction of sp³-hybridized carbons (Fsp3) is 0.533. The van der Waals surface area contributed by atoms with Gasteiger partial charge in [0.2, 0.25) is 5.91 Å². The molecular weight excluding hydrogens is 372 g/mol. The number of hydrogen-bond acceptors (Lipinski definition) is 3. The Morgan fingerprint density at radius 3 is 2.81 bits per heavy atom. The molecule has 0 spiro atoms. The van der Waals surface area contributed by atoms with Crippen molar-refractivity contribution in [2.24, 2.45) is 11.7 Å². The van der Waals surface area contributed by atoms with Crippen molar-refractivity contribution in [1.29, 1.82) is 0 Å². The number of aryl methyl sites for hydroxylation is 1. The Labute approximate surface area is 145 Å². The van der Waals surface area contributed by atoms with Gasteiger partial charge >= 0.3 is 0 Å². The third-order valence-corrected chi connectivity index (χ3v) is 5.46. The van der Waals surface area contributed by atoms with Crippen LogP contribution in [0.25, 0.3) is 0 Å². The number of amides is 1. The van der Waals surface area contributed by atoms with Gasteiger partial charge < -0.3 is 10.6 Å². The van der Waals surface area contributed by atoms with E-state index in [1.54, 1.807) is 11.8 Å². The van der Waals surface area contributed by atoms with Crippen LogP contribution >= 0.6 is 40.1 Å². The summed E-state index contributed by atoms with van der Waals surface area (Å²) >= 11 is 5.07. The van der Waals surface area contributed by atoms with Gasteiger partial charge in [-0.05, 0) is 56.5 Å². The van der Waals surface area contributed by atoms with Crippen molar-refractivity contribution in [2.75, 3.05) is 18.8 Å². The van der Waals surface area contributed by atoms with Crippen LogP contribution in [-0.2, 0) is 4.79 Å². The smallest absolute Gasteiger partial charge is 0.233 e. The molecule has 0 aromatic heterocycles. The Morgan fingerprint density at radius 1 is 1.52 bits per heavy atom. The molecule has 2 rings (SSSR count). The Morgan fingerprint density at radius 2 is 2.24 bits per heavy atom. The van der Waals surface area contributed by atoms with Crippen molar-refractivity contribution >= 4 is 46.0 Å². The van der Waals surface area contributed by atoms with Gasteiger partial charge in [0.15, 0.2) is 0 Å². The van der Waals surface area contributed by atoms with Crippen molar-refractivity contribution in [2.45, 2.75) is 31.2 Å². The van der Waals surface area contributed by atoms with Gasteiger partial charge in [0.1, 0.15) is 0 Å². The molecule has 2 atom stereocenters.